The number of hydrogen-bond acceptors (Lipinski definition) is 2. The van der Waals surface area contributed by atoms with Gasteiger partial charge in [0.2, 0.25) is 0 Å². The van der Waals surface area contributed by atoms with E-state index >= 15 is 0 Å². The molecule has 0 aliphatic rings. The minimum atomic E-state index is -0.223. The zero-order valence-corrected chi connectivity index (χ0v) is 11.4. The van der Waals surface area contributed by atoms with Crippen LogP contribution in [-0.2, 0) is 6.42 Å². The van der Waals surface area contributed by atoms with Gasteiger partial charge in [-0.05, 0) is 39.2 Å². The third kappa shape index (κ3) is 4.62. The molecule has 2 nitrogen and oxygen atoms in total. The van der Waals surface area contributed by atoms with Crippen LogP contribution in [0.15, 0.2) is 18.2 Å². The Hall–Kier alpha value is -0.640. The molecule has 1 aromatic carbocycles. The van der Waals surface area contributed by atoms with Gasteiger partial charge >= 0.3 is 0 Å². The second-order valence-electron chi connectivity index (χ2n) is 4.42. The monoisotopic (exact) mass is 258 g/mol. The number of hydrogen-bond donors (Lipinski definition) is 1. The van der Waals surface area contributed by atoms with Gasteiger partial charge in [-0.1, -0.05) is 24.6 Å². The first-order chi connectivity index (χ1) is 8.04. The number of benzene rings is 1. The molecule has 0 aliphatic carbocycles. The normalized spacial score (nSPS) is 13.1. The van der Waals surface area contributed by atoms with Crippen LogP contribution in [0.1, 0.15) is 12.5 Å². The van der Waals surface area contributed by atoms with E-state index in [0.29, 0.717) is 17.0 Å². The summed E-state index contributed by atoms with van der Waals surface area (Å²) in [7, 11) is 4.01. The third-order valence-corrected chi connectivity index (χ3v) is 2.94. The van der Waals surface area contributed by atoms with E-state index in [1.807, 2.05) is 21.0 Å². The van der Waals surface area contributed by atoms with E-state index in [-0.39, 0.29) is 11.9 Å². The molecule has 17 heavy (non-hydrogen) atoms. The van der Waals surface area contributed by atoms with Crippen molar-refractivity contribution in [3.05, 3.63) is 34.6 Å². The van der Waals surface area contributed by atoms with Gasteiger partial charge in [0.25, 0.3) is 0 Å². The lowest BCUT2D eigenvalue weighted by atomic mass is 10.0. The average molecular weight is 259 g/mol. The summed E-state index contributed by atoms with van der Waals surface area (Å²) in [6.07, 6.45) is 0.609. The molecule has 1 atom stereocenters. The molecule has 0 spiro atoms. The van der Waals surface area contributed by atoms with E-state index in [1.54, 1.807) is 12.1 Å². The molecule has 0 aliphatic heterocycles. The Morgan fingerprint density at radius 1 is 1.41 bits per heavy atom. The number of rotatable bonds is 6. The minimum Gasteiger partial charge on any atom is -0.313 e. The van der Waals surface area contributed by atoms with Crippen LogP contribution in [0.5, 0.6) is 0 Å². The van der Waals surface area contributed by atoms with Gasteiger partial charge in [0.05, 0.1) is 0 Å². The van der Waals surface area contributed by atoms with Crippen molar-refractivity contribution in [3.63, 3.8) is 0 Å². The third-order valence-electron chi connectivity index (χ3n) is 2.59. The fraction of sp³-hybridized carbons (Fsp3) is 0.538. The molecule has 0 amide bonds. The number of nitrogens with one attached hydrogen (secondary N) is 1. The summed E-state index contributed by atoms with van der Waals surface area (Å²) in [4.78, 5) is 2.09. The van der Waals surface area contributed by atoms with E-state index < -0.39 is 0 Å². The van der Waals surface area contributed by atoms with Crippen LogP contribution in [0.4, 0.5) is 4.39 Å². The SMILES string of the molecule is CCNC(Cc1c(F)cccc1Cl)CN(C)C. The summed E-state index contributed by atoms with van der Waals surface area (Å²) in [5.41, 5.74) is 0.599. The van der Waals surface area contributed by atoms with Crippen LogP contribution in [0.25, 0.3) is 0 Å². The Labute approximate surface area is 108 Å². The molecular weight excluding hydrogens is 239 g/mol. The molecule has 0 bridgehead atoms. The zero-order chi connectivity index (χ0) is 12.8. The average Bonchev–Trinajstić information content (AvgIpc) is 2.23. The summed E-state index contributed by atoms with van der Waals surface area (Å²) in [5, 5.41) is 3.86. The van der Waals surface area contributed by atoms with Gasteiger partial charge in [-0.15, -0.1) is 0 Å². The second-order valence-corrected chi connectivity index (χ2v) is 4.83. The molecule has 0 aromatic heterocycles. The lowest BCUT2D eigenvalue weighted by Gasteiger charge is -2.22. The maximum absolute atomic E-state index is 13.7. The Bertz CT molecular complexity index is 335. The molecule has 0 saturated heterocycles. The van der Waals surface area contributed by atoms with E-state index in [2.05, 4.69) is 10.2 Å². The van der Waals surface area contributed by atoms with Crippen LogP contribution in [-0.4, -0.2) is 38.1 Å². The van der Waals surface area contributed by atoms with Gasteiger partial charge in [-0.3, -0.25) is 0 Å². The lowest BCUT2D eigenvalue weighted by Crippen LogP contribution is -2.40. The standard InChI is InChI=1S/C13H20ClFN2/c1-4-16-10(9-17(2)3)8-11-12(14)6-5-7-13(11)15/h5-7,10,16H,4,8-9H2,1-3H3. The molecule has 1 rings (SSSR count). The molecule has 1 N–H and O–H groups in total. The molecule has 0 radical (unpaired) electrons. The summed E-state index contributed by atoms with van der Waals surface area (Å²) in [6.45, 7) is 3.77. The summed E-state index contributed by atoms with van der Waals surface area (Å²) < 4.78 is 13.7. The smallest absolute Gasteiger partial charge is 0.127 e. The van der Waals surface area contributed by atoms with Gasteiger partial charge in [-0.25, -0.2) is 4.39 Å². The van der Waals surface area contributed by atoms with Crippen molar-refractivity contribution < 1.29 is 4.39 Å². The number of halogens is 2. The van der Waals surface area contributed by atoms with Crippen molar-refractivity contribution in [1.82, 2.24) is 10.2 Å². The number of nitrogens with zero attached hydrogens (tertiary/aromatic N) is 1. The predicted molar refractivity (Wildman–Crippen MR) is 71.1 cm³/mol. The second kappa shape index (κ2) is 6.94. The highest BCUT2D eigenvalue weighted by Crippen LogP contribution is 2.20. The van der Waals surface area contributed by atoms with Gasteiger partial charge in [0.15, 0.2) is 0 Å². The first kappa shape index (κ1) is 14.4. The molecule has 0 saturated carbocycles. The molecule has 4 heteroatoms. The Morgan fingerprint density at radius 2 is 2.12 bits per heavy atom. The van der Waals surface area contributed by atoms with Crippen molar-refractivity contribution in [2.24, 2.45) is 0 Å². The summed E-state index contributed by atoms with van der Waals surface area (Å²) in [6, 6.07) is 5.04. The fourth-order valence-electron chi connectivity index (χ4n) is 1.90. The first-order valence-electron chi connectivity index (χ1n) is 5.85. The van der Waals surface area contributed by atoms with Crippen molar-refractivity contribution in [2.75, 3.05) is 27.2 Å². The van der Waals surface area contributed by atoms with Crippen molar-refractivity contribution >= 4 is 11.6 Å². The van der Waals surface area contributed by atoms with Gasteiger partial charge < -0.3 is 10.2 Å². The first-order valence-corrected chi connectivity index (χ1v) is 6.23. The van der Waals surface area contributed by atoms with E-state index in [9.17, 15) is 4.39 Å². The number of likely N-dealkylation sites (N-methyl/N-ethyl adjacent to an activating group) is 2. The Morgan fingerprint density at radius 3 is 2.65 bits per heavy atom. The quantitative estimate of drug-likeness (QED) is 0.844. The maximum Gasteiger partial charge on any atom is 0.127 e. The minimum absolute atomic E-state index is 0.212. The Kier molecular flexibility index (Phi) is 5.89. The maximum atomic E-state index is 13.7. The van der Waals surface area contributed by atoms with Crippen LogP contribution < -0.4 is 5.32 Å². The van der Waals surface area contributed by atoms with E-state index in [1.165, 1.54) is 6.07 Å². The molecule has 1 unspecified atom stereocenters. The van der Waals surface area contributed by atoms with Crippen LogP contribution >= 0.6 is 11.6 Å². The fourth-order valence-corrected chi connectivity index (χ4v) is 2.14. The largest absolute Gasteiger partial charge is 0.313 e. The zero-order valence-electron chi connectivity index (χ0n) is 10.6. The van der Waals surface area contributed by atoms with Gasteiger partial charge in [0, 0.05) is 23.2 Å². The predicted octanol–water partition coefficient (Wildman–Crippen LogP) is 2.56. The van der Waals surface area contributed by atoms with Crippen LogP contribution in [0.3, 0.4) is 0 Å². The highest BCUT2D eigenvalue weighted by Gasteiger charge is 2.14. The van der Waals surface area contributed by atoms with E-state index in [0.717, 1.165) is 13.1 Å². The van der Waals surface area contributed by atoms with Gasteiger partial charge in [-0.2, -0.15) is 0 Å². The van der Waals surface area contributed by atoms with Crippen LogP contribution in [0.2, 0.25) is 5.02 Å². The van der Waals surface area contributed by atoms with Crippen molar-refractivity contribution in [3.8, 4) is 0 Å². The molecule has 1 aromatic rings. The molecule has 96 valence electrons. The topological polar surface area (TPSA) is 15.3 Å². The van der Waals surface area contributed by atoms with Crippen molar-refractivity contribution in [2.45, 2.75) is 19.4 Å². The van der Waals surface area contributed by atoms with Gasteiger partial charge in [0.1, 0.15) is 5.82 Å². The lowest BCUT2D eigenvalue weighted by molar-refractivity contribution is 0.337. The molecule has 0 fully saturated rings. The van der Waals surface area contributed by atoms with Crippen molar-refractivity contribution in [1.29, 1.82) is 0 Å². The Balaban J connectivity index is 2.78. The summed E-state index contributed by atoms with van der Waals surface area (Å²) in [5.74, 6) is -0.223. The van der Waals surface area contributed by atoms with E-state index in [4.69, 9.17) is 11.6 Å². The highest BCUT2D eigenvalue weighted by atomic mass is 35.5. The highest BCUT2D eigenvalue weighted by molar-refractivity contribution is 6.31. The molecular formula is C13H20ClFN2. The summed E-state index contributed by atoms with van der Waals surface area (Å²) >= 11 is 6.03. The molecule has 0 heterocycles. The van der Waals surface area contributed by atoms with Crippen LogP contribution in [0, 0.1) is 5.82 Å².